The van der Waals surface area contributed by atoms with Gasteiger partial charge in [-0.1, -0.05) is 0 Å². The number of pyridine rings is 1. The lowest BCUT2D eigenvalue weighted by Gasteiger charge is -2.02. The molecule has 70 valence electrons. The highest BCUT2D eigenvalue weighted by molar-refractivity contribution is 5.88. The van der Waals surface area contributed by atoms with E-state index in [9.17, 15) is 4.79 Å². The molecule has 0 aliphatic heterocycles. The van der Waals surface area contributed by atoms with Crippen molar-refractivity contribution in [3.05, 3.63) is 23.4 Å². The molecule has 0 saturated heterocycles. The molecule has 0 saturated carbocycles. The molecule has 13 heavy (non-hydrogen) atoms. The summed E-state index contributed by atoms with van der Waals surface area (Å²) in [5.41, 5.74) is 0.327. The number of aliphatic hydroxyl groups excluding tert-OH is 1. The smallest absolute Gasteiger partial charge is 0.335 e. The minimum Gasteiger partial charge on any atom is -0.481 e. The average molecular weight is 183 g/mol. The lowest BCUT2D eigenvalue weighted by atomic mass is 10.2. The van der Waals surface area contributed by atoms with E-state index in [-0.39, 0.29) is 23.7 Å². The fraction of sp³-hybridized carbons (Fsp3) is 0.250. The summed E-state index contributed by atoms with van der Waals surface area (Å²) in [5.74, 6) is -0.889. The van der Waals surface area contributed by atoms with Gasteiger partial charge in [0.15, 0.2) is 0 Å². The molecule has 0 unspecified atom stereocenters. The second-order valence-electron chi connectivity index (χ2n) is 2.35. The van der Waals surface area contributed by atoms with E-state index in [1.165, 1.54) is 19.2 Å². The monoisotopic (exact) mass is 183 g/mol. The van der Waals surface area contributed by atoms with E-state index in [1.807, 2.05) is 0 Å². The Morgan fingerprint density at radius 2 is 2.31 bits per heavy atom. The van der Waals surface area contributed by atoms with Crippen molar-refractivity contribution < 1.29 is 19.7 Å². The van der Waals surface area contributed by atoms with Gasteiger partial charge < -0.3 is 14.9 Å². The number of hydrogen-bond acceptors (Lipinski definition) is 4. The fourth-order valence-corrected chi connectivity index (χ4v) is 0.869. The average Bonchev–Trinajstić information content (AvgIpc) is 2.16. The standard InChI is InChI=1S/C8H9NO4/c1-13-7-3-5(8(11)12)2-6(4-10)9-7/h2-3,10H,4H2,1H3,(H,11,12). The minimum atomic E-state index is -1.07. The van der Waals surface area contributed by atoms with Crippen molar-refractivity contribution in [1.29, 1.82) is 0 Å². The number of aromatic nitrogens is 1. The number of nitrogens with zero attached hydrogens (tertiary/aromatic N) is 1. The van der Waals surface area contributed by atoms with E-state index in [4.69, 9.17) is 14.9 Å². The van der Waals surface area contributed by atoms with Crippen LogP contribution < -0.4 is 4.74 Å². The van der Waals surface area contributed by atoms with Gasteiger partial charge in [-0.15, -0.1) is 0 Å². The summed E-state index contributed by atoms with van der Waals surface area (Å²) in [7, 11) is 1.38. The molecule has 0 aliphatic rings. The van der Waals surface area contributed by atoms with Crippen LogP contribution in [0.4, 0.5) is 0 Å². The SMILES string of the molecule is COc1cc(C(=O)O)cc(CO)n1. The Morgan fingerprint density at radius 1 is 1.62 bits per heavy atom. The first kappa shape index (κ1) is 9.47. The normalized spacial score (nSPS) is 9.69. The highest BCUT2D eigenvalue weighted by Crippen LogP contribution is 2.12. The third kappa shape index (κ3) is 2.16. The largest absolute Gasteiger partial charge is 0.481 e. The highest BCUT2D eigenvalue weighted by Gasteiger charge is 2.07. The van der Waals surface area contributed by atoms with Gasteiger partial charge in [-0.25, -0.2) is 9.78 Å². The third-order valence-corrected chi connectivity index (χ3v) is 1.47. The van der Waals surface area contributed by atoms with Gasteiger partial charge in [-0.05, 0) is 6.07 Å². The second kappa shape index (κ2) is 3.86. The van der Waals surface area contributed by atoms with E-state index in [0.717, 1.165) is 0 Å². The molecule has 1 aromatic heterocycles. The van der Waals surface area contributed by atoms with Gasteiger partial charge in [0.2, 0.25) is 5.88 Å². The Balaban J connectivity index is 3.14. The Morgan fingerprint density at radius 3 is 2.77 bits per heavy atom. The lowest BCUT2D eigenvalue weighted by Crippen LogP contribution is -2.01. The number of ether oxygens (including phenoxy) is 1. The van der Waals surface area contributed by atoms with Crippen LogP contribution in [-0.4, -0.2) is 28.3 Å². The third-order valence-electron chi connectivity index (χ3n) is 1.47. The minimum absolute atomic E-state index is 0.0518. The van der Waals surface area contributed by atoms with Crippen LogP contribution >= 0.6 is 0 Å². The number of aromatic carboxylic acids is 1. The van der Waals surface area contributed by atoms with Crippen molar-refractivity contribution in [2.75, 3.05) is 7.11 Å². The molecule has 0 bridgehead atoms. The summed E-state index contributed by atoms with van der Waals surface area (Å²) in [4.78, 5) is 14.4. The number of aliphatic hydroxyl groups is 1. The van der Waals surface area contributed by atoms with Gasteiger partial charge in [-0.2, -0.15) is 0 Å². The molecule has 0 fully saturated rings. The first-order valence-electron chi connectivity index (χ1n) is 3.56. The molecule has 0 amide bonds. The molecule has 0 aliphatic carbocycles. The molecular weight excluding hydrogens is 174 g/mol. The van der Waals surface area contributed by atoms with E-state index in [0.29, 0.717) is 0 Å². The zero-order valence-electron chi connectivity index (χ0n) is 7.02. The van der Waals surface area contributed by atoms with Crippen molar-refractivity contribution in [3.63, 3.8) is 0 Å². The summed E-state index contributed by atoms with van der Waals surface area (Å²) in [6.07, 6.45) is 0. The number of carboxylic acid groups (broad SMARTS) is 1. The first-order valence-corrected chi connectivity index (χ1v) is 3.56. The lowest BCUT2D eigenvalue weighted by molar-refractivity contribution is 0.0696. The summed E-state index contributed by atoms with van der Waals surface area (Å²) < 4.78 is 4.76. The Hall–Kier alpha value is -1.62. The number of carbonyl (C=O) groups is 1. The number of methoxy groups -OCH3 is 1. The van der Waals surface area contributed by atoms with Gasteiger partial charge in [-0.3, -0.25) is 0 Å². The van der Waals surface area contributed by atoms with Crippen LogP contribution in [-0.2, 0) is 6.61 Å². The molecule has 0 aromatic carbocycles. The second-order valence-corrected chi connectivity index (χ2v) is 2.35. The summed E-state index contributed by atoms with van der Waals surface area (Å²) in [5, 5.41) is 17.4. The molecule has 0 atom stereocenters. The predicted molar refractivity (Wildman–Crippen MR) is 43.7 cm³/mol. The molecular formula is C8H9NO4. The van der Waals surface area contributed by atoms with Gasteiger partial charge >= 0.3 is 5.97 Å². The molecule has 5 nitrogen and oxygen atoms in total. The fourth-order valence-electron chi connectivity index (χ4n) is 0.869. The van der Waals surface area contributed by atoms with Crippen LogP contribution in [0.5, 0.6) is 5.88 Å². The molecule has 1 heterocycles. The summed E-state index contributed by atoms with van der Waals surface area (Å²) >= 11 is 0. The van der Waals surface area contributed by atoms with Crippen molar-refractivity contribution in [1.82, 2.24) is 4.98 Å². The van der Waals surface area contributed by atoms with Crippen molar-refractivity contribution >= 4 is 5.97 Å². The molecule has 2 N–H and O–H groups in total. The van der Waals surface area contributed by atoms with Crippen molar-refractivity contribution in [2.24, 2.45) is 0 Å². The Labute approximate surface area is 74.6 Å². The van der Waals surface area contributed by atoms with Crippen molar-refractivity contribution in [3.8, 4) is 5.88 Å². The van der Waals surface area contributed by atoms with Gasteiger partial charge in [0.05, 0.1) is 25.0 Å². The van der Waals surface area contributed by atoms with Crippen molar-refractivity contribution in [2.45, 2.75) is 6.61 Å². The molecule has 0 spiro atoms. The molecule has 1 aromatic rings. The maximum absolute atomic E-state index is 10.6. The zero-order chi connectivity index (χ0) is 9.84. The molecule has 0 radical (unpaired) electrons. The zero-order valence-corrected chi connectivity index (χ0v) is 7.02. The van der Waals surface area contributed by atoms with E-state index in [1.54, 1.807) is 0 Å². The summed E-state index contributed by atoms with van der Waals surface area (Å²) in [6, 6.07) is 2.59. The molecule has 5 heteroatoms. The maximum Gasteiger partial charge on any atom is 0.335 e. The van der Waals surface area contributed by atoms with E-state index < -0.39 is 5.97 Å². The Bertz CT molecular complexity index is 302. The van der Waals surface area contributed by atoms with Crippen LogP contribution in [0.2, 0.25) is 0 Å². The van der Waals surface area contributed by atoms with Crippen LogP contribution in [0.1, 0.15) is 16.1 Å². The van der Waals surface area contributed by atoms with Gasteiger partial charge in [0, 0.05) is 6.07 Å². The molecule has 1 rings (SSSR count). The van der Waals surface area contributed by atoms with Crippen LogP contribution in [0.25, 0.3) is 0 Å². The van der Waals surface area contributed by atoms with E-state index >= 15 is 0 Å². The highest BCUT2D eigenvalue weighted by atomic mass is 16.5. The van der Waals surface area contributed by atoms with Crippen LogP contribution in [0.3, 0.4) is 0 Å². The van der Waals surface area contributed by atoms with Gasteiger partial charge in [0.1, 0.15) is 0 Å². The number of carboxylic acids is 1. The Kier molecular flexibility index (Phi) is 2.81. The predicted octanol–water partition coefficient (Wildman–Crippen LogP) is 0.281. The van der Waals surface area contributed by atoms with E-state index in [2.05, 4.69) is 4.98 Å². The quantitative estimate of drug-likeness (QED) is 0.703. The van der Waals surface area contributed by atoms with Gasteiger partial charge in [0.25, 0.3) is 0 Å². The summed E-state index contributed by atoms with van der Waals surface area (Å²) in [6.45, 7) is -0.308. The number of rotatable bonds is 3. The maximum atomic E-state index is 10.6. The number of hydrogen-bond donors (Lipinski definition) is 2. The topological polar surface area (TPSA) is 79.7 Å². The van der Waals surface area contributed by atoms with Crippen LogP contribution in [0.15, 0.2) is 12.1 Å². The van der Waals surface area contributed by atoms with Crippen LogP contribution in [0, 0.1) is 0 Å². The first-order chi connectivity index (χ1) is 6.17.